The number of hydrogen-bond acceptors (Lipinski definition) is 3. The van der Waals surface area contributed by atoms with Gasteiger partial charge in [-0.1, -0.05) is 6.07 Å². The van der Waals surface area contributed by atoms with Gasteiger partial charge in [-0.2, -0.15) is 0 Å². The van der Waals surface area contributed by atoms with E-state index < -0.39 is 12.1 Å². The predicted octanol–water partition coefficient (Wildman–Crippen LogP) is -0.0379. The summed E-state index contributed by atoms with van der Waals surface area (Å²) in [5, 5.41) is 4.59. The van der Waals surface area contributed by atoms with E-state index in [2.05, 4.69) is 15.6 Å². The number of aromatic nitrogens is 1. The first kappa shape index (κ1) is 7.72. The van der Waals surface area contributed by atoms with Crippen LogP contribution in [0, 0.1) is 0 Å². The Kier molecular flexibility index (Phi) is 1.70. The fourth-order valence-corrected chi connectivity index (χ4v) is 1.17. The molecule has 0 spiro atoms. The summed E-state index contributed by atoms with van der Waals surface area (Å²) < 4.78 is 0. The SMILES string of the molecule is O=C1NC(=O)C(c2ccccn2)N1. The number of imide groups is 1. The molecule has 0 aliphatic carbocycles. The maximum atomic E-state index is 11.2. The average Bonchev–Trinajstić information content (AvgIpc) is 2.47. The van der Waals surface area contributed by atoms with Gasteiger partial charge in [0, 0.05) is 6.20 Å². The third kappa shape index (κ3) is 1.35. The van der Waals surface area contributed by atoms with Gasteiger partial charge in [0.25, 0.3) is 5.91 Å². The van der Waals surface area contributed by atoms with E-state index in [9.17, 15) is 9.59 Å². The minimum absolute atomic E-state index is 0.358. The standard InChI is InChI=1S/C8H7N3O2/c12-7-6(10-8(13)11-7)5-3-1-2-4-9-5/h1-4,6H,(H2,10,11,12,13). The van der Waals surface area contributed by atoms with Crippen molar-refractivity contribution in [2.45, 2.75) is 6.04 Å². The van der Waals surface area contributed by atoms with Crippen LogP contribution in [0.2, 0.25) is 0 Å². The van der Waals surface area contributed by atoms with Crippen LogP contribution in [0.4, 0.5) is 4.79 Å². The number of carbonyl (C=O) groups excluding carboxylic acids is 2. The lowest BCUT2D eigenvalue weighted by Crippen LogP contribution is -2.22. The van der Waals surface area contributed by atoms with E-state index in [1.54, 1.807) is 24.4 Å². The van der Waals surface area contributed by atoms with E-state index in [0.717, 1.165) is 0 Å². The van der Waals surface area contributed by atoms with Gasteiger partial charge < -0.3 is 5.32 Å². The molecule has 1 saturated heterocycles. The third-order valence-electron chi connectivity index (χ3n) is 1.76. The average molecular weight is 177 g/mol. The highest BCUT2D eigenvalue weighted by Gasteiger charge is 2.31. The molecule has 1 unspecified atom stereocenters. The number of carbonyl (C=O) groups is 2. The van der Waals surface area contributed by atoms with Crippen molar-refractivity contribution in [3.8, 4) is 0 Å². The summed E-state index contributed by atoms with van der Waals surface area (Å²) in [5.74, 6) is -0.358. The van der Waals surface area contributed by atoms with Crippen LogP contribution in [0.25, 0.3) is 0 Å². The van der Waals surface area contributed by atoms with Gasteiger partial charge in [0.05, 0.1) is 5.69 Å². The number of nitrogens with one attached hydrogen (secondary N) is 2. The molecule has 66 valence electrons. The number of hydrogen-bond donors (Lipinski definition) is 2. The first-order valence-corrected chi connectivity index (χ1v) is 3.79. The van der Waals surface area contributed by atoms with Gasteiger partial charge in [-0.05, 0) is 12.1 Å². The van der Waals surface area contributed by atoms with E-state index in [1.165, 1.54) is 0 Å². The molecule has 2 rings (SSSR count). The Labute approximate surface area is 74.2 Å². The Morgan fingerprint density at radius 1 is 1.31 bits per heavy atom. The molecule has 2 heterocycles. The zero-order valence-electron chi connectivity index (χ0n) is 6.65. The summed E-state index contributed by atoms with van der Waals surface area (Å²) in [5.41, 5.74) is 0.547. The van der Waals surface area contributed by atoms with Crippen LogP contribution in [0.5, 0.6) is 0 Å². The maximum Gasteiger partial charge on any atom is 0.322 e. The van der Waals surface area contributed by atoms with E-state index in [0.29, 0.717) is 5.69 Å². The fraction of sp³-hybridized carbons (Fsp3) is 0.125. The minimum Gasteiger partial charge on any atom is -0.321 e. The largest absolute Gasteiger partial charge is 0.322 e. The second-order valence-electron chi connectivity index (χ2n) is 2.65. The molecule has 5 heteroatoms. The van der Waals surface area contributed by atoms with Crippen LogP contribution in [0.15, 0.2) is 24.4 Å². The number of pyridine rings is 1. The Morgan fingerprint density at radius 3 is 2.69 bits per heavy atom. The summed E-state index contributed by atoms with van der Waals surface area (Å²) in [6.07, 6.45) is 1.58. The van der Waals surface area contributed by atoms with Crippen molar-refractivity contribution in [3.05, 3.63) is 30.1 Å². The van der Waals surface area contributed by atoms with Gasteiger partial charge in [-0.15, -0.1) is 0 Å². The predicted molar refractivity (Wildman–Crippen MR) is 43.7 cm³/mol. The molecule has 1 fully saturated rings. The summed E-state index contributed by atoms with van der Waals surface area (Å²) >= 11 is 0. The Bertz CT molecular complexity index is 350. The Balaban J connectivity index is 2.28. The molecule has 1 aliphatic rings. The quantitative estimate of drug-likeness (QED) is 0.591. The Morgan fingerprint density at radius 2 is 2.15 bits per heavy atom. The van der Waals surface area contributed by atoms with E-state index in [1.807, 2.05) is 0 Å². The van der Waals surface area contributed by atoms with Crippen molar-refractivity contribution in [1.82, 2.24) is 15.6 Å². The highest BCUT2D eigenvalue weighted by Crippen LogP contribution is 2.12. The lowest BCUT2D eigenvalue weighted by molar-refractivity contribution is -0.120. The molecule has 5 nitrogen and oxygen atoms in total. The van der Waals surface area contributed by atoms with Gasteiger partial charge in [0.2, 0.25) is 0 Å². The fourth-order valence-electron chi connectivity index (χ4n) is 1.17. The van der Waals surface area contributed by atoms with Crippen LogP contribution >= 0.6 is 0 Å². The van der Waals surface area contributed by atoms with Crippen molar-refractivity contribution < 1.29 is 9.59 Å². The van der Waals surface area contributed by atoms with E-state index >= 15 is 0 Å². The summed E-state index contributed by atoms with van der Waals surface area (Å²) in [4.78, 5) is 25.9. The van der Waals surface area contributed by atoms with Gasteiger partial charge in [-0.25, -0.2) is 4.79 Å². The highest BCUT2D eigenvalue weighted by molar-refractivity contribution is 6.04. The van der Waals surface area contributed by atoms with Crippen molar-refractivity contribution in [3.63, 3.8) is 0 Å². The molecule has 1 atom stereocenters. The lowest BCUT2D eigenvalue weighted by Gasteiger charge is -2.04. The zero-order valence-corrected chi connectivity index (χ0v) is 6.65. The molecule has 0 saturated carbocycles. The summed E-state index contributed by atoms with van der Waals surface area (Å²) in [6, 6.07) is 4.09. The first-order chi connectivity index (χ1) is 6.27. The number of rotatable bonds is 1. The van der Waals surface area contributed by atoms with Gasteiger partial charge in [-0.3, -0.25) is 15.1 Å². The van der Waals surface area contributed by atoms with Crippen molar-refractivity contribution in [2.24, 2.45) is 0 Å². The zero-order chi connectivity index (χ0) is 9.26. The van der Waals surface area contributed by atoms with Crippen LogP contribution in [0.1, 0.15) is 11.7 Å². The smallest absolute Gasteiger partial charge is 0.321 e. The third-order valence-corrected chi connectivity index (χ3v) is 1.76. The van der Waals surface area contributed by atoms with E-state index in [-0.39, 0.29) is 5.91 Å². The number of amides is 3. The minimum atomic E-state index is -0.645. The summed E-state index contributed by atoms with van der Waals surface area (Å²) in [7, 11) is 0. The molecule has 2 N–H and O–H groups in total. The normalized spacial score (nSPS) is 21.1. The molecule has 0 aromatic carbocycles. The monoisotopic (exact) mass is 177 g/mol. The van der Waals surface area contributed by atoms with E-state index in [4.69, 9.17) is 0 Å². The van der Waals surface area contributed by atoms with Gasteiger partial charge >= 0.3 is 6.03 Å². The second-order valence-corrected chi connectivity index (χ2v) is 2.65. The number of nitrogens with zero attached hydrogens (tertiary/aromatic N) is 1. The molecule has 0 radical (unpaired) electrons. The Hall–Kier alpha value is -1.91. The molecule has 13 heavy (non-hydrogen) atoms. The van der Waals surface area contributed by atoms with Crippen LogP contribution in [0.3, 0.4) is 0 Å². The molecule has 0 bridgehead atoms. The van der Waals surface area contributed by atoms with Crippen LogP contribution in [-0.2, 0) is 4.79 Å². The lowest BCUT2D eigenvalue weighted by atomic mass is 10.2. The molecule has 1 aromatic rings. The summed E-state index contributed by atoms with van der Waals surface area (Å²) in [6.45, 7) is 0. The van der Waals surface area contributed by atoms with Crippen molar-refractivity contribution in [1.29, 1.82) is 0 Å². The molecular formula is C8H7N3O2. The molecule has 3 amide bonds. The van der Waals surface area contributed by atoms with Crippen molar-refractivity contribution >= 4 is 11.9 Å². The van der Waals surface area contributed by atoms with Gasteiger partial charge in [0.15, 0.2) is 6.04 Å². The molecular weight excluding hydrogens is 170 g/mol. The molecule has 1 aromatic heterocycles. The highest BCUT2D eigenvalue weighted by atomic mass is 16.2. The maximum absolute atomic E-state index is 11.2. The second kappa shape index (κ2) is 2.85. The van der Waals surface area contributed by atoms with Crippen molar-refractivity contribution in [2.75, 3.05) is 0 Å². The first-order valence-electron chi connectivity index (χ1n) is 3.79. The van der Waals surface area contributed by atoms with Crippen LogP contribution in [-0.4, -0.2) is 16.9 Å². The topological polar surface area (TPSA) is 71.1 Å². The number of urea groups is 1. The molecule has 1 aliphatic heterocycles. The van der Waals surface area contributed by atoms with Gasteiger partial charge in [0.1, 0.15) is 0 Å². The van der Waals surface area contributed by atoms with Crippen LogP contribution < -0.4 is 10.6 Å².